The first-order valence-electron chi connectivity index (χ1n) is 5.45. The molecule has 1 aromatic rings. The fraction of sp³-hybridized carbons (Fsp3) is 0.462. The van der Waals surface area contributed by atoms with E-state index >= 15 is 0 Å². The van der Waals surface area contributed by atoms with Gasteiger partial charge < -0.3 is 0 Å². The highest BCUT2D eigenvalue weighted by Crippen LogP contribution is 2.38. The lowest BCUT2D eigenvalue weighted by atomic mass is 9.77. The summed E-state index contributed by atoms with van der Waals surface area (Å²) in [4.78, 5) is 11.7. The lowest BCUT2D eigenvalue weighted by Gasteiger charge is -2.27. The smallest absolute Gasteiger partial charge is 0.162 e. The number of hydrogen-bond acceptors (Lipinski definition) is 1. The van der Waals surface area contributed by atoms with Gasteiger partial charge in [0, 0.05) is 12.0 Å². The van der Waals surface area contributed by atoms with Crippen molar-refractivity contribution in [3.05, 3.63) is 35.4 Å². The minimum Gasteiger partial charge on any atom is -0.294 e. The fourth-order valence-corrected chi connectivity index (χ4v) is 2.02. The molecule has 1 heteroatoms. The molecular weight excluding hydrogens is 172 g/mol. The number of ketones is 1. The van der Waals surface area contributed by atoms with Gasteiger partial charge in [-0.2, -0.15) is 0 Å². The van der Waals surface area contributed by atoms with Crippen LogP contribution >= 0.6 is 0 Å². The van der Waals surface area contributed by atoms with Gasteiger partial charge in [0.15, 0.2) is 5.78 Å². The summed E-state index contributed by atoms with van der Waals surface area (Å²) in [5.41, 5.74) is 2.24. The topological polar surface area (TPSA) is 17.1 Å². The number of hydrogen-bond donors (Lipinski definition) is 0. The molecule has 14 heavy (non-hydrogen) atoms. The standard InChI is InChI=1S/C13H16O/c1-2-13(14)12-9-4-3-8-11(12)10-6-5-7-10/h3-4,8-10H,2,5-7H2,1H3. The molecule has 0 aromatic heterocycles. The highest BCUT2D eigenvalue weighted by Gasteiger charge is 2.23. The molecule has 0 aliphatic heterocycles. The van der Waals surface area contributed by atoms with Gasteiger partial charge >= 0.3 is 0 Å². The van der Waals surface area contributed by atoms with Gasteiger partial charge in [-0.1, -0.05) is 37.6 Å². The summed E-state index contributed by atoms with van der Waals surface area (Å²) >= 11 is 0. The Hall–Kier alpha value is -1.11. The van der Waals surface area contributed by atoms with Crippen LogP contribution in [-0.4, -0.2) is 5.78 Å². The molecule has 0 radical (unpaired) electrons. The third-order valence-corrected chi connectivity index (χ3v) is 3.13. The van der Waals surface area contributed by atoms with Crippen LogP contribution in [0.1, 0.15) is 54.4 Å². The average Bonchev–Trinajstić information content (AvgIpc) is 2.15. The molecule has 0 bridgehead atoms. The quantitative estimate of drug-likeness (QED) is 0.663. The lowest BCUT2D eigenvalue weighted by Crippen LogP contribution is -2.13. The highest BCUT2D eigenvalue weighted by molar-refractivity contribution is 5.97. The SMILES string of the molecule is CCC(=O)c1ccccc1C1CCC1. The van der Waals surface area contributed by atoms with Gasteiger partial charge in [-0.15, -0.1) is 0 Å². The third-order valence-electron chi connectivity index (χ3n) is 3.13. The molecule has 0 unspecified atom stereocenters. The molecule has 0 saturated heterocycles. The maximum Gasteiger partial charge on any atom is 0.162 e. The average molecular weight is 188 g/mol. The molecule has 1 nitrogen and oxygen atoms in total. The minimum absolute atomic E-state index is 0.285. The zero-order chi connectivity index (χ0) is 9.97. The second-order valence-electron chi connectivity index (χ2n) is 3.99. The van der Waals surface area contributed by atoms with E-state index < -0.39 is 0 Å². The Morgan fingerprint density at radius 2 is 2.07 bits per heavy atom. The summed E-state index contributed by atoms with van der Waals surface area (Å²) in [5.74, 6) is 0.939. The van der Waals surface area contributed by atoms with Crippen molar-refractivity contribution in [2.45, 2.75) is 38.5 Å². The van der Waals surface area contributed by atoms with Crippen molar-refractivity contribution in [3.8, 4) is 0 Å². The van der Waals surface area contributed by atoms with E-state index in [4.69, 9.17) is 0 Å². The summed E-state index contributed by atoms with van der Waals surface area (Å²) in [5, 5.41) is 0. The Labute approximate surface area is 85.1 Å². The van der Waals surface area contributed by atoms with Crippen molar-refractivity contribution in [1.29, 1.82) is 0 Å². The Kier molecular flexibility index (Phi) is 2.67. The van der Waals surface area contributed by atoms with Gasteiger partial charge in [0.25, 0.3) is 0 Å². The number of rotatable bonds is 3. The monoisotopic (exact) mass is 188 g/mol. The van der Waals surface area contributed by atoms with Crippen molar-refractivity contribution in [2.75, 3.05) is 0 Å². The van der Waals surface area contributed by atoms with E-state index in [-0.39, 0.29) is 5.78 Å². The molecule has 0 spiro atoms. The van der Waals surface area contributed by atoms with Crippen LogP contribution in [0.15, 0.2) is 24.3 Å². The van der Waals surface area contributed by atoms with Crippen molar-refractivity contribution in [3.63, 3.8) is 0 Å². The zero-order valence-corrected chi connectivity index (χ0v) is 8.62. The molecule has 1 saturated carbocycles. The summed E-state index contributed by atoms with van der Waals surface area (Å²) in [7, 11) is 0. The Morgan fingerprint density at radius 1 is 1.36 bits per heavy atom. The van der Waals surface area contributed by atoms with E-state index in [0.717, 1.165) is 5.56 Å². The maximum atomic E-state index is 11.7. The van der Waals surface area contributed by atoms with Gasteiger partial charge in [-0.05, 0) is 24.3 Å². The van der Waals surface area contributed by atoms with Crippen LogP contribution in [0, 0.1) is 0 Å². The van der Waals surface area contributed by atoms with E-state index in [1.54, 1.807) is 0 Å². The first kappa shape index (κ1) is 9.45. The molecule has 74 valence electrons. The van der Waals surface area contributed by atoms with E-state index in [2.05, 4.69) is 6.07 Å². The Bertz CT molecular complexity index is 337. The molecule has 0 heterocycles. The molecule has 1 aromatic carbocycles. The van der Waals surface area contributed by atoms with Crippen LogP contribution in [0.5, 0.6) is 0 Å². The second kappa shape index (κ2) is 3.95. The first-order valence-corrected chi connectivity index (χ1v) is 5.45. The van der Waals surface area contributed by atoms with Gasteiger partial charge in [-0.25, -0.2) is 0 Å². The largest absolute Gasteiger partial charge is 0.294 e. The minimum atomic E-state index is 0.285. The van der Waals surface area contributed by atoms with Gasteiger partial charge in [0.2, 0.25) is 0 Å². The first-order chi connectivity index (χ1) is 6.83. The van der Waals surface area contributed by atoms with E-state index in [9.17, 15) is 4.79 Å². The summed E-state index contributed by atoms with van der Waals surface area (Å²) in [6, 6.07) is 8.09. The van der Waals surface area contributed by atoms with Crippen LogP contribution in [0.3, 0.4) is 0 Å². The van der Waals surface area contributed by atoms with Crippen molar-refractivity contribution >= 4 is 5.78 Å². The van der Waals surface area contributed by atoms with Gasteiger partial charge in [-0.3, -0.25) is 4.79 Å². The number of Topliss-reactive ketones (excluding diaryl/α,β-unsaturated/α-hetero) is 1. The number of carbonyl (C=O) groups is 1. The molecule has 1 aliphatic rings. The Balaban J connectivity index is 2.32. The molecule has 0 N–H and O–H groups in total. The van der Waals surface area contributed by atoms with Crippen molar-refractivity contribution < 1.29 is 4.79 Å². The predicted octanol–water partition coefficient (Wildman–Crippen LogP) is 3.55. The van der Waals surface area contributed by atoms with E-state index in [1.165, 1.54) is 24.8 Å². The Morgan fingerprint density at radius 3 is 2.64 bits per heavy atom. The van der Waals surface area contributed by atoms with Crippen molar-refractivity contribution in [2.24, 2.45) is 0 Å². The van der Waals surface area contributed by atoms with Crippen LogP contribution in [0.2, 0.25) is 0 Å². The lowest BCUT2D eigenvalue weighted by molar-refractivity contribution is 0.0986. The summed E-state index contributed by atoms with van der Waals surface area (Å²) in [6.45, 7) is 1.93. The van der Waals surface area contributed by atoms with Gasteiger partial charge in [0.05, 0.1) is 0 Å². The highest BCUT2D eigenvalue weighted by atomic mass is 16.1. The van der Waals surface area contributed by atoms with E-state index in [0.29, 0.717) is 12.3 Å². The molecule has 2 rings (SSSR count). The van der Waals surface area contributed by atoms with Crippen LogP contribution < -0.4 is 0 Å². The zero-order valence-electron chi connectivity index (χ0n) is 8.62. The number of carbonyl (C=O) groups excluding carboxylic acids is 1. The summed E-state index contributed by atoms with van der Waals surface area (Å²) < 4.78 is 0. The predicted molar refractivity (Wildman–Crippen MR) is 57.7 cm³/mol. The molecular formula is C13H16O. The van der Waals surface area contributed by atoms with Crippen LogP contribution in [-0.2, 0) is 0 Å². The van der Waals surface area contributed by atoms with Gasteiger partial charge in [0.1, 0.15) is 0 Å². The maximum absolute atomic E-state index is 11.7. The second-order valence-corrected chi connectivity index (χ2v) is 3.99. The fourth-order valence-electron chi connectivity index (χ4n) is 2.02. The van der Waals surface area contributed by atoms with Crippen LogP contribution in [0.4, 0.5) is 0 Å². The van der Waals surface area contributed by atoms with Crippen LogP contribution in [0.25, 0.3) is 0 Å². The normalized spacial score (nSPS) is 16.4. The number of benzene rings is 1. The molecule has 1 fully saturated rings. The summed E-state index contributed by atoms with van der Waals surface area (Å²) in [6.07, 6.45) is 4.45. The molecule has 0 atom stereocenters. The molecule has 1 aliphatic carbocycles. The third kappa shape index (κ3) is 1.59. The molecule has 0 amide bonds. The van der Waals surface area contributed by atoms with Crippen molar-refractivity contribution in [1.82, 2.24) is 0 Å². The van der Waals surface area contributed by atoms with E-state index in [1.807, 2.05) is 25.1 Å².